The van der Waals surface area contributed by atoms with Crippen LogP contribution in [0.3, 0.4) is 0 Å². The lowest BCUT2D eigenvalue weighted by Gasteiger charge is -2.25. The Bertz CT molecular complexity index is 1310. The third-order valence-corrected chi connectivity index (χ3v) is 6.62. The van der Waals surface area contributed by atoms with Gasteiger partial charge in [0.05, 0.1) is 60.3 Å². The molecule has 1 aliphatic heterocycles. The summed E-state index contributed by atoms with van der Waals surface area (Å²) in [6.07, 6.45) is 0.477. The molecule has 0 radical (unpaired) electrons. The van der Waals surface area contributed by atoms with E-state index >= 15 is 0 Å². The normalized spacial score (nSPS) is 15.2. The maximum atomic E-state index is 11.8. The van der Waals surface area contributed by atoms with Crippen LogP contribution >= 0.6 is 0 Å². The van der Waals surface area contributed by atoms with Crippen molar-refractivity contribution in [1.82, 2.24) is 9.80 Å². The number of nitro benzene ring substituents is 3. The summed E-state index contributed by atoms with van der Waals surface area (Å²) in [5.74, 6) is -1.71. The van der Waals surface area contributed by atoms with Crippen LogP contribution in [0.15, 0.2) is 24.3 Å². The van der Waals surface area contributed by atoms with Crippen molar-refractivity contribution in [3.05, 3.63) is 65.7 Å². The molecule has 0 saturated carbocycles. The second-order valence-electron chi connectivity index (χ2n) is 9.54. The van der Waals surface area contributed by atoms with Gasteiger partial charge in [-0.25, -0.2) is 0 Å². The van der Waals surface area contributed by atoms with Crippen molar-refractivity contribution in [2.45, 2.75) is 12.8 Å². The number of hydrogen-bond donors (Lipinski definition) is 3. The average Bonchev–Trinajstić information content (AvgIpc) is 2.92. The summed E-state index contributed by atoms with van der Waals surface area (Å²) in [5, 5.41) is 56.3. The first kappa shape index (κ1) is 32.6. The topological polar surface area (TPSA) is 241 Å². The molecule has 0 amide bonds. The van der Waals surface area contributed by atoms with E-state index in [1.165, 1.54) is 19.2 Å². The molecule has 2 bridgehead atoms. The van der Waals surface area contributed by atoms with Crippen molar-refractivity contribution >= 4 is 40.4 Å². The van der Waals surface area contributed by atoms with Crippen LogP contribution in [0.4, 0.5) is 28.4 Å². The Hall–Kier alpha value is -4.94. The van der Waals surface area contributed by atoms with Crippen molar-refractivity contribution in [2.24, 2.45) is 0 Å². The zero-order valence-corrected chi connectivity index (χ0v) is 23.1. The van der Waals surface area contributed by atoms with E-state index in [1.807, 2.05) is 0 Å². The van der Waals surface area contributed by atoms with E-state index in [1.54, 1.807) is 9.80 Å². The van der Waals surface area contributed by atoms with Gasteiger partial charge in [0.1, 0.15) is 5.75 Å². The Morgan fingerprint density at radius 1 is 0.837 bits per heavy atom. The fourth-order valence-corrected chi connectivity index (χ4v) is 4.69. The molecule has 2 aromatic rings. The molecule has 3 rings (SSSR count). The summed E-state index contributed by atoms with van der Waals surface area (Å²) in [6, 6.07) is 4.31. The molecule has 1 aliphatic rings. The molecule has 0 aliphatic carbocycles. The largest absolute Gasteiger partial charge is 0.496 e. The Balaban J connectivity index is 2.13. The average molecular weight is 607 g/mol. The van der Waals surface area contributed by atoms with E-state index in [0.29, 0.717) is 29.0 Å². The summed E-state index contributed by atoms with van der Waals surface area (Å²) in [6.45, 7) is 0.845. The minimum absolute atomic E-state index is 0.163. The number of rotatable bonds is 10. The highest BCUT2D eigenvalue weighted by atomic mass is 16.6. The third-order valence-electron chi connectivity index (χ3n) is 6.62. The number of carboxylic acids is 2. The highest BCUT2D eigenvalue weighted by Crippen LogP contribution is 2.41. The molecule has 0 atom stereocenters. The van der Waals surface area contributed by atoms with Gasteiger partial charge in [-0.3, -0.25) is 49.7 Å². The van der Waals surface area contributed by atoms with E-state index < -0.39 is 49.5 Å². The van der Waals surface area contributed by atoms with Gasteiger partial charge in [0, 0.05) is 31.9 Å². The van der Waals surface area contributed by atoms with Crippen LogP contribution in [0.25, 0.3) is 0 Å². The number of nitro groups is 3. The summed E-state index contributed by atoms with van der Waals surface area (Å²) < 4.78 is 11.3. The van der Waals surface area contributed by atoms with Crippen LogP contribution in [0, 0.1) is 30.3 Å². The zero-order valence-electron chi connectivity index (χ0n) is 23.1. The lowest BCUT2D eigenvalue weighted by Crippen LogP contribution is -2.37. The maximum Gasteiger partial charge on any atom is 0.317 e. The number of anilines is 2. The fourth-order valence-electron chi connectivity index (χ4n) is 4.69. The quantitative estimate of drug-likeness (QED) is 0.259. The minimum atomic E-state index is -1.06. The van der Waals surface area contributed by atoms with Crippen molar-refractivity contribution in [3.63, 3.8) is 0 Å². The number of fused-ring (bicyclic) bond motifs is 2. The predicted molar refractivity (Wildman–Crippen MR) is 149 cm³/mol. The van der Waals surface area contributed by atoms with Crippen LogP contribution in [-0.4, -0.2) is 106 Å². The summed E-state index contributed by atoms with van der Waals surface area (Å²) >= 11 is 0. The van der Waals surface area contributed by atoms with E-state index in [2.05, 4.69) is 5.32 Å². The van der Waals surface area contributed by atoms with Gasteiger partial charge in [-0.1, -0.05) is 0 Å². The Labute approximate surface area is 243 Å². The second-order valence-corrected chi connectivity index (χ2v) is 9.54. The Morgan fingerprint density at radius 2 is 1.30 bits per heavy atom. The molecule has 3 N–H and O–H groups in total. The minimum Gasteiger partial charge on any atom is -0.496 e. The number of carboxylic acid groups (broad SMARTS) is 2. The predicted octanol–water partition coefficient (Wildman–Crippen LogP) is 2.05. The molecule has 1 heterocycles. The first-order valence-corrected chi connectivity index (χ1v) is 12.9. The van der Waals surface area contributed by atoms with Crippen LogP contribution < -0.4 is 10.1 Å². The summed E-state index contributed by atoms with van der Waals surface area (Å²) in [7, 11) is 1.42. The van der Waals surface area contributed by atoms with Gasteiger partial charge in [0.25, 0.3) is 5.69 Å². The van der Waals surface area contributed by atoms with E-state index in [-0.39, 0.29) is 71.0 Å². The molecule has 0 spiro atoms. The Morgan fingerprint density at radius 3 is 1.67 bits per heavy atom. The summed E-state index contributed by atoms with van der Waals surface area (Å²) in [5.41, 5.74) is -1.95. The monoisotopic (exact) mass is 606 g/mol. The molecule has 0 unspecified atom stereocenters. The van der Waals surface area contributed by atoms with Crippen LogP contribution in [0.2, 0.25) is 0 Å². The SMILES string of the molecule is COc1c2cc(Nc3c([N+](=O)[O-])cc([N+](=O)[O-])cc3[N+](=O)[O-])cc1CCN(CC(=O)O)CCOCCN(CC(=O)O)CC2. The van der Waals surface area contributed by atoms with E-state index in [4.69, 9.17) is 9.47 Å². The molecule has 0 fully saturated rings. The number of non-ortho nitro benzene ring substituents is 1. The van der Waals surface area contributed by atoms with E-state index in [9.17, 15) is 50.1 Å². The molecule has 232 valence electrons. The number of benzene rings is 2. The van der Waals surface area contributed by atoms with E-state index in [0.717, 1.165) is 0 Å². The Kier molecular flexibility index (Phi) is 11.2. The zero-order chi connectivity index (χ0) is 31.7. The number of nitrogens with zero attached hydrogens (tertiary/aromatic N) is 5. The highest BCUT2D eigenvalue weighted by molar-refractivity contribution is 5.82. The molecule has 18 heteroatoms. The smallest absolute Gasteiger partial charge is 0.317 e. The van der Waals surface area contributed by atoms with Crippen LogP contribution in [-0.2, 0) is 27.2 Å². The lowest BCUT2D eigenvalue weighted by atomic mass is 10.0. The van der Waals surface area contributed by atoms with Gasteiger partial charge in [-0.2, -0.15) is 0 Å². The van der Waals surface area contributed by atoms with Crippen LogP contribution in [0.1, 0.15) is 11.1 Å². The van der Waals surface area contributed by atoms with Crippen molar-refractivity contribution in [1.29, 1.82) is 0 Å². The lowest BCUT2D eigenvalue weighted by molar-refractivity contribution is -0.401. The van der Waals surface area contributed by atoms with Gasteiger partial charge in [-0.05, 0) is 36.1 Å². The summed E-state index contributed by atoms with van der Waals surface area (Å²) in [4.78, 5) is 58.2. The number of carbonyl (C=O) groups is 2. The number of methoxy groups -OCH3 is 1. The van der Waals surface area contributed by atoms with Gasteiger partial charge >= 0.3 is 23.3 Å². The number of aliphatic carboxylic acids is 2. The third kappa shape index (κ3) is 9.02. The fraction of sp³-hybridized carbons (Fsp3) is 0.440. The highest BCUT2D eigenvalue weighted by Gasteiger charge is 2.31. The standard InChI is InChI=1S/C25H30N6O12/c1-42-25-16-2-4-27(14-22(32)33)6-8-43-9-7-28(15-23(34)35)5-3-17(25)11-18(10-16)26-24-20(30(38)39)12-19(29(36)37)13-21(24)31(40)41/h10-13,26H,2-9,14-15H2,1H3,(H,32,33)(H,34,35). The van der Waals surface area contributed by atoms with Gasteiger partial charge in [-0.15, -0.1) is 0 Å². The molecule has 0 saturated heterocycles. The number of hydrogen-bond acceptors (Lipinski definition) is 13. The van der Waals surface area contributed by atoms with Gasteiger partial charge < -0.3 is 25.0 Å². The molecule has 0 aromatic heterocycles. The van der Waals surface area contributed by atoms with Crippen molar-refractivity contribution in [3.8, 4) is 5.75 Å². The first-order chi connectivity index (χ1) is 20.4. The maximum absolute atomic E-state index is 11.8. The van der Waals surface area contributed by atoms with Crippen molar-refractivity contribution in [2.75, 3.05) is 64.9 Å². The molecular formula is C25H30N6O12. The molecular weight excluding hydrogens is 576 g/mol. The van der Waals surface area contributed by atoms with Gasteiger partial charge in [0.15, 0.2) is 5.69 Å². The second kappa shape index (κ2) is 14.8. The molecule has 43 heavy (non-hydrogen) atoms. The molecule has 18 nitrogen and oxygen atoms in total. The number of ether oxygens (including phenoxy) is 2. The molecule has 2 aromatic carbocycles. The van der Waals surface area contributed by atoms with Crippen LogP contribution in [0.5, 0.6) is 5.75 Å². The van der Waals surface area contributed by atoms with Crippen molar-refractivity contribution < 1.29 is 44.0 Å². The number of nitrogens with one attached hydrogen (secondary N) is 1. The van der Waals surface area contributed by atoms with Gasteiger partial charge in [0.2, 0.25) is 0 Å². The first-order valence-electron chi connectivity index (χ1n) is 12.9.